The van der Waals surface area contributed by atoms with Gasteiger partial charge in [0.1, 0.15) is 6.61 Å². The Morgan fingerprint density at radius 2 is 1.95 bits per heavy atom. The molecule has 0 bridgehead atoms. The zero-order valence-electron chi connectivity index (χ0n) is 11.7. The summed E-state index contributed by atoms with van der Waals surface area (Å²) in [6.45, 7) is 3.37. The summed E-state index contributed by atoms with van der Waals surface area (Å²) in [5, 5.41) is 2.84. The van der Waals surface area contributed by atoms with Crippen LogP contribution in [-0.2, 0) is 11.3 Å². The fourth-order valence-corrected chi connectivity index (χ4v) is 2.72. The summed E-state index contributed by atoms with van der Waals surface area (Å²) in [7, 11) is 0. The summed E-state index contributed by atoms with van der Waals surface area (Å²) in [6, 6.07) is 9.74. The Hall–Kier alpha value is -1.51. The van der Waals surface area contributed by atoms with Gasteiger partial charge in [-0.1, -0.05) is 50.1 Å². The van der Waals surface area contributed by atoms with Crippen LogP contribution in [0.25, 0.3) is 0 Å². The monoisotopic (exact) mass is 261 g/mol. The molecule has 1 aromatic carbocycles. The van der Waals surface area contributed by atoms with Gasteiger partial charge in [0, 0.05) is 6.54 Å². The maximum atomic E-state index is 11.6. The van der Waals surface area contributed by atoms with Gasteiger partial charge in [0.05, 0.1) is 0 Å². The highest BCUT2D eigenvalue weighted by Crippen LogP contribution is 2.39. The number of carbonyl (C=O) groups excluding carboxylic acids is 1. The van der Waals surface area contributed by atoms with E-state index in [2.05, 4.69) is 12.2 Å². The minimum atomic E-state index is -0.314. The Bertz CT molecular complexity index is 396. The second-order valence-corrected chi connectivity index (χ2v) is 5.76. The summed E-state index contributed by atoms with van der Waals surface area (Å²) >= 11 is 0. The van der Waals surface area contributed by atoms with Gasteiger partial charge in [-0.25, -0.2) is 4.79 Å². The van der Waals surface area contributed by atoms with Gasteiger partial charge in [-0.2, -0.15) is 0 Å². The molecule has 2 rings (SSSR count). The molecular weight excluding hydrogens is 238 g/mol. The van der Waals surface area contributed by atoms with Gasteiger partial charge in [-0.15, -0.1) is 0 Å². The van der Waals surface area contributed by atoms with Crippen LogP contribution in [0.5, 0.6) is 0 Å². The summed E-state index contributed by atoms with van der Waals surface area (Å²) in [6.07, 6.45) is 5.96. The number of carbonyl (C=O) groups is 1. The summed E-state index contributed by atoms with van der Waals surface area (Å²) in [4.78, 5) is 11.6. The molecule has 0 atom stereocenters. The van der Waals surface area contributed by atoms with Crippen LogP contribution in [0.2, 0.25) is 0 Å². The molecule has 104 valence electrons. The van der Waals surface area contributed by atoms with E-state index in [0.29, 0.717) is 18.6 Å². The Labute approximate surface area is 115 Å². The lowest BCUT2D eigenvalue weighted by molar-refractivity contribution is 0.138. The molecule has 19 heavy (non-hydrogen) atoms. The average molecular weight is 261 g/mol. The molecule has 0 saturated heterocycles. The van der Waals surface area contributed by atoms with Crippen molar-refractivity contribution in [3.63, 3.8) is 0 Å². The molecule has 1 N–H and O–H groups in total. The SMILES string of the molecule is CC1(CCNC(=O)OCc2ccccc2)CCCC1. The number of ether oxygens (including phenoxy) is 1. The maximum absolute atomic E-state index is 11.6. The quantitative estimate of drug-likeness (QED) is 0.873. The number of hydrogen-bond acceptors (Lipinski definition) is 2. The number of nitrogens with one attached hydrogen (secondary N) is 1. The summed E-state index contributed by atoms with van der Waals surface area (Å²) < 4.78 is 5.18. The number of hydrogen-bond donors (Lipinski definition) is 1. The molecule has 1 saturated carbocycles. The maximum Gasteiger partial charge on any atom is 0.407 e. The predicted octanol–water partition coefficient (Wildman–Crippen LogP) is 3.88. The number of benzene rings is 1. The molecule has 0 heterocycles. The van der Waals surface area contributed by atoms with E-state index in [-0.39, 0.29) is 6.09 Å². The summed E-state index contributed by atoms with van der Waals surface area (Å²) in [5.41, 5.74) is 1.44. The van der Waals surface area contributed by atoms with Crippen molar-refractivity contribution in [1.82, 2.24) is 5.32 Å². The van der Waals surface area contributed by atoms with E-state index in [4.69, 9.17) is 4.74 Å². The normalized spacial score (nSPS) is 17.1. The largest absolute Gasteiger partial charge is 0.445 e. The van der Waals surface area contributed by atoms with Crippen LogP contribution in [0.1, 0.15) is 44.6 Å². The molecule has 0 unspecified atom stereocenters. The van der Waals surface area contributed by atoms with Crippen LogP contribution in [-0.4, -0.2) is 12.6 Å². The Balaban J connectivity index is 1.62. The van der Waals surface area contributed by atoms with E-state index < -0.39 is 0 Å². The van der Waals surface area contributed by atoms with E-state index in [1.165, 1.54) is 25.7 Å². The van der Waals surface area contributed by atoms with E-state index in [1.807, 2.05) is 30.3 Å². The third kappa shape index (κ3) is 4.58. The third-order valence-electron chi connectivity index (χ3n) is 4.02. The highest BCUT2D eigenvalue weighted by atomic mass is 16.5. The minimum absolute atomic E-state index is 0.314. The highest BCUT2D eigenvalue weighted by molar-refractivity contribution is 5.67. The molecular formula is C16H23NO2. The van der Waals surface area contributed by atoms with Crippen LogP contribution >= 0.6 is 0 Å². The first-order valence-electron chi connectivity index (χ1n) is 7.13. The minimum Gasteiger partial charge on any atom is -0.445 e. The molecule has 3 nitrogen and oxygen atoms in total. The topological polar surface area (TPSA) is 38.3 Å². The van der Waals surface area contributed by atoms with Gasteiger partial charge < -0.3 is 10.1 Å². The zero-order valence-corrected chi connectivity index (χ0v) is 11.7. The summed E-state index contributed by atoms with van der Waals surface area (Å²) in [5.74, 6) is 0. The first-order chi connectivity index (χ1) is 9.18. The van der Waals surface area contributed by atoms with Crippen molar-refractivity contribution in [3.05, 3.63) is 35.9 Å². The van der Waals surface area contributed by atoms with Crippen molar-refractivity contribution in [3.8, 4) is 0 Å². The molecule has 3 heteroatoms. The Kier molecular flexibility index (Phi) is 4.83. The van der Waals surface area contributed by atoms with Crippen molar-refractivity contribution >= 4 is 6.09 Å². The van der Waals surface area contributed by atoms with Gasteiger partial charge in [-0.3, -0.25) is 0 Å². The predicted molar refractivity (Wildman–Crippen MR) is 75.8 cm³/mol. The second kappa shape index (κ2) is 6.60. The lowest BCUT2D eigenvalue weighted by atomic mass is 9.85. The van der Waals surface area contributed by atoms with Crippen LogP contribution < -0.4 is 5.32 Å². The highest BCUT2D eigenvalue weighted by Gasteiger charge is 2.27. The molecule has 1 aliphatic rings. The van der Waals surface area contributed by atoms with Gasteiger partial charge in [0.2, 0.25) is 0 Å². The van der Waals surface area contributed by atoms with E-state index >= 15 is 0 Å². The zero-order chi connectivity index (χ0) is 13.6. The molecule has 0 spiro atoms. The van der Waals surface area contributed by atoms with Crippen molar-refractivity contribution in [2.24, 2.45) is 5.41 Å². The average Bonchev–Trinajstić information content (AvgIpc) is 2.85. The Morgan fingerprint density at radius 1 is 1.26 bits per heavy atom. The fraction of sp³-hybridized carbons (Fsp3) is 0.562. The van der Waals surface area contributed by atoms with Crippen LogP contribution in [0.3, 0.4) is 0 Å². The lowest BCUT2D eigenvalue weighted by Crippen LogP contribution is -2.28. The van der Waals surface area contributed by atoms with E-state index in [9.17, 15) is 4.79 Å². The van der Waals surface area contributed by atoms with Crippen LogP contribution in [0, 0.1) is 5.41 Å². The molecule has 1 aromatic rings. The van der Waals surface area contributed by atoms with Crippen LogP contribution in [0.4, 0.5) is 4.79 Å². The van der Waals surface area contributed by atoms with E-state index in [1.54, 1.807) is 0 Å². The number of alkyl carbamates (subject to hydrolysis) is 1. The molecule has 1 aliphatic carbocycles. The molecule has 0 aromatic heterocycles. The number of rotatable bonds is 5. The standard InChI is InChI=1S/C16H23NO2/c1-16(9-5-6-10-16)11-12-17-15(18)19-13-14-7-3-2-4-8-14/h2-4,7-8H,5-6,9-13H2,1H3,(H,17,18). The van der Waals surface area contributed by atoms with Crippen LogP contribution in [0.15, 0.2) is 30.3 Å². The van der Waals surface area contributed by atoms with Crippen molar-refractivity contribution in [2.45, 2.75) is 45.6 Å². The van der Waals surface area contributed by atoms with Crippen molar-refractivity contribution < 1.29 is 9.53 Å². The van der Waals surface area contributed by atoms with Crippen molar-refractivity contribution in [1.29, 1.82) is 0 Å². The molecule has 0 aliphatic heterocycles. The number of amides is 1. The van der Waals surface area contributed by atoms with Gasteiger partial charge in [0.15, 0.2) is 0 Å². The molecule has 0 radical (unpaired) electrons. The van der Waals surface area contributed by atoms with Gasteiger partial charge in [-0.05, 0) is 30.2 Å². The van der Waals surface area contributed by atoms with E-state index in [0.717, 1.165) is 12.0 Å². The molecule has 1 fully saturated rings. The first kappa shape index (κ1) is 13.9. The van der Waals surface area contributed by atoms with Gasteiger partial charge in [0.25, 0.3) is 0 Å². The van der Waals surface area contributed by atoms with Crippen molar-refractivity contribution in [2.75, 3.05) is 6.54 Å². The molecule has 1 amide bonds. The Morgan fingerprint density at radius 3 is 2.63 bits per heavy atom. The first-order valence-corrected chi connectivity index (χ1v) is 7.13. The lowest BCUT2D eigenvalue weighted by Gasteiger charge is -2.23. The second-order valence-electron chi connectivity index (χ2n) is 5.76. The van der Waals surface area contributed by atoms with Gasteiger partial charge >= 0.3 is 6.09 Å². The third-order valence-corrected chi connectivity index (χ3v) is 4.02. The smallest absolute Gasteiger partial charge is 0.407 e. The fourth-order valence-electron chi connectivity index (χ4n) is 2.72.